The molecule has 0 bridgehead atoms. The van der Waals surface area contributed by atoms with E-state index in [0.29, 0.717) is 46.4 Å². The second-order valence-corrected chi connectivity index (χ2v) is 7.29. The number of rotatable bonds is 10. The Kier molecular flexibility index (Phi) is 7.47. The normalized spacial score (nSPS) is 10.9. The fraction of sp³-hybridized carbons (Fsp3) is 0.217. The highest BCUT2D eigenvalue weighted by molar-refractivity contribution is 5.99. The molecular weight excluding hydrogens is 484 g/mol. The fourth-order valence-electron chi connectivity index (χ4n) is 3.45. The first-order chi connectivity index (χ1) is 18.0. The van der Waals surface area contributed by atoms with Gasteiger partial charge in [0, 0.05) is 11.1 Å². The van der Waals surface area contributed by atoms with Gasteiger partial charge in [-0.15, -0.1) is 5.10 Å². The van der Waals surface area contributed by atoms with Crippen molar-refractivity contribution in [3.63, 3.8) is 0 Å². The molecule has 0 saturated heterocycles. The number of aromatic nitrogens is 5. The van der Waals surface area contributed by atoms with Gasteiger partial charge in [0.25, 0.3) is 5.91 Å². The Labute approximate surface area is 210 Å². The Balaban J connectivity index is 1.65. The first kappa shape index (κ1) is 25.0. The molecule has 2 aromatic heterocycles. The quantitative estimate of drug-likeness (QED) is 0.237. The summed E-state index contributed by atoms with van der Waals surface area (Å²) in [4.78, 5) is 13.1. The molecule has 0 aliphatic heterocycles. The zero-order valence-corrected chi connectivity index (χ0v) is 20.5. The number of anilines is 1. The Bertz CT molecular complexity index is 1390. The first-order valence-electron chi connectivity index (χ1n) is 10.9. The highest BCUT2D eigenvalue weighted by Crippen LogP contribution is 2.37. The molecule has 4 aromatic rings. The number of carbonyl (C=O) groups is 1. The summed E-state index contributed by atoms with van der Waals surface area (Å²) in [6, 6.07) is 10.4. The molecule has 0 saturated carbocycles. The number of nitrogens with one attached hydrogen (secondary N) is 1. The van der Waals surface area contributed by atoms with Crippen LogP contribution in [0.25, 0.3) is 17.1 Å². The summed E-state index contributed by atoms with van der Waals surface area (Å²) >= 11 is 0. The van der Waals surface area contributed by atoms with Gasteiger partial charge < -0.3 is 24.7 Å². The number of carbonyl (C=O) groups excluding carboxylic acids is 1. The standard InChI is InChI=1S/C23H24N8O6/c1-5-36-15-8-6-14(7-9-15)19-18(26-30-31(19)22-21(24)28-37-29-22)23(32)27-25-12-13-10-16(33-2)20(35-4)17(11-13)34-3/h6-12H,5H2,1-4H3,(H2,24,28)(H,27,32)/b25-12+. The van der Waals surface area contributed by atoms with Gasteiger partial charge >= 0.3 is 0 Å². The lowest BCUT2D eigenvalue weighted by atomic mass is 10.1. The maximum atomic E-state index is 13.1. The number of nitrogen functional groups attached to an aromatic ring is 1. The first-order valence-corrected chi connectivity index (χ1v) is 10.9. The molecule has 192 valence electrons. The van der Waals surface area contributed by atoms with Gasteiger partial charge in [0.1, 0.15) is 11.4 Å². The third-order valence-corrected chi connectivity index (χ3v) is 5.09. The van der Waals surface area contributed by atoms with E-state index < -0.39 is 5.91 Å². The zero-order chi connectivity index (χ0) is 26.4. The van der Waals surface area contributed by atoms with Crippen molar-refractivity contribution in [2.75, 3.05) is 33.7 Å². The molecular formula is C23H24N8O6. The minimum atomic E-state index is -0.631. The van der Waals surface area contributed by atoms with Crippen LogP contribution in [0.2, 0.25) is 0 Å². The molecule has 2 aromatic carbocycles. The van der Waals surface area contributed by atoms with Crippen LogP contribution >= 0.6 is 0 Å². The summed E-state index contributed by atoms with van der Waals surface area (Å²) in [6.07, 6.45) is 1.42. The average Bonchev–Trinajstić information content (AvgIpc) is 3.54. The van der Waals surface area contributed by atoms with Crippen LogP contribution in [0.4, 0.5) is 5.82 Å². The van der Waals surface area contributed by atoms with Gasteiger partial charge in [-0.05, 0) is 53.6 Å². The molecule has 37 heavy (non-hydrogen) atoms. The molecule has 0 atom stereocenters. The van der Waals surface area contributed by atoms with Crippen LogP contribution < -0.4 is 30.1 Å². The smallest absolute Gasteiger partial charge is 0.294 e. The second kappa shape index (κ2) is 11.1. The van der Waals surface area contributed by atoms with E-state index in [1.807, 2.05) is 6.92 Å². The van der Waals surface area contributed by atoms with Crippen molar-refractivity contribution in [3.8, 4) is 40.1 Å². The SMILES string of the molecule is CCOc1ccc(-c2c(C(=O)N/N=C/c3cc(OC)c(OC)c(OC)c3)nnn2-c2nonc2N)cc1. The molecule has 3 N–H and O–H groups in total. The second-order valence-electron chi connectivity index (χ2n) is 7.29. The largest absolute Gasteiger partial charge is 0.494 e. The number of ether oxygens (including phenoxy) is 4. The van der Waals surface area contributed by atoms with Gasteiger partial charge in [0.05, 0.1) is 34.2 Å². The topological polar surface area (TPSA) is 174 Å². The summed E-state index contributed by atoms with van der Waals surface area (Å²) < 4.78 is 27.5. The predicted octanol–water partition coefficient (Wildman–Crippen LogP) is 2.09. The lowest BCUT2D eigenvalue weighted by molar-refractivity contribution is 0.0950. The molecule has 0 unspecified atom stereocenters. The van der Waals surface area contributed by atoms with Gasteiger partial charge in [0.2, 0.25) is 17.4 Å². The van der Waals surface area contributed by atoms with Gasteiger partial charge in [-0.1, -0.05) is 5.21 Å². The number of hydrogen-bond acceptors (Lipinski definition) is 12. The maximum Gasteiger partial charge on any atom is 0.294 e. The summed E-state index contributed by atoms with van der Waals surface area (Å²) in [5.41, 5.74) is 9.75. The molecule has 14 heteroatoms. The summed E-state index contributed by atoms with van der Waals surface area (Å²) in [5.74, 6) is 1.40. The van der Waals surface area contributed by atoms with Crippen LogP contribution in [-0.4, -0.2) is 65.4 Å². The third-order valence-electron chi connectivity index (χ3n) is 5.09. The van der Waals surface area contributed by atoms with Gasteiger partial charge in [-0.25, -0.2) is 10.1 Å². The molecule has 2 heterocycles. The van der Waals surface area contributed by atoms with E-state index in [-0.39, 0.29) is 17.3 Å². The van der Waals surface area contributed by atoms with E-state index in [4.69, 9.17) is 29.3 Å². The Morgan fingerprint density at radius 3 is 2.38 bits per heavy atom. The summed E-state index contributed by atoms with van der Waals surface area (Å²) in [6.45, 7) is 2.39. The molecule has 1 amide bonds. The number of nitrogens with two attached hydrogens (primary N) is 1. The van der Waals surface area contributed by atoms with Crippen LogP contribution in [0, 0.1) is 0 Å². The number of hydrogen-bond donors (Lipinski definition) is 2. The van der Waals surface area contributed by atoms with Crippen molar-refractivity contribution in [3.05, 3.63) is 47.7 Å². The van der Waals surface area contributed by atoms with Gasteiger partial charge in [0.15, 0.2) is 17.2 Å². The van der Waals surface area contributed by atoms with E-state index >= 15 is 0 Å². The van der Waals surface area contributed by atoms with Crippen molar-refractivity contribution in [1.29, 1.82) is 0 Å². The van der Waals surface area contributed by atoms with E-state index in [1.54, 1.807) is 36.4 Å². The van der Waals surface area contributed by atoms with Crippen molar-refractivity contribution in [2.45, 2.75) is 6.92 Å². The van der Waals surface area contributed by atoms with Crippen molar-refractivity contribution in [2.24, 2.45) is 5.10 Å². The number of hydrazone groups is 1. The predicted molar refractivity (Wildman–Crippen MR) is 131 cm³/mol. The van der Waals surface area contributed by atoms with Crippen LogP contribution in [-0.2, 0) is 0 Å². The molecule has 0 aliphatic carbocycles. The van der Waals surface area contributed by atoms with E-state index in [9.17, 15) is 4.79 Å². The Morgan fingerprint density at radius 1 is 1.11 bits per heavy atom. The highest BCUT2D eigenvalue weighted by atomic mass is 16.6. The maximum absolute atomic E-state index is 13.1. The van der Waals surface area contributed by atoms with E-state index in [1.165, 1.54) is 32.2 Å². The monoisotopic (exact) mass is 508 g/mol. The summed E-state index contributed by atoms with van der Waals surface area (Å²) in [5, 5.41) is 19.5. The van der Waals surface area contributed by atoms with Crippen molar-refractivity contribution >= 4 is 17.9 Å². The molecule has 4 rings (SSSR count). The molecule has 0 fully saturated rings. The van der Waals surface area contributed by atoms with Crippen molar-refractivity contribution < 1.29 is 28.4 Å². The lowest BCUT2D eigenvalue weighted by Gasteiger charge is -2.12. The molecule has 0 radical (unpaired) electrons. The van der Waals surface area contributed by atoms with Crippen LogP contribution in [0.1, 0.15) is 23.0 Å². The Hall–Kier alpha value is -5.14. The average molecular weight is 508 g/mol. The van der Waals surface area contributed by atoms with E-state index in [2.05, 4.69) is 31.2 Å². The number of amides is 1. The highest BCUT2D eigenvalue weighted by Gasteiger charge is 2.25. The molecule has 0 aliphatic rings. The van der Waals surface area contributed by atoms with E-state index in [0.717, 1.165) is 0 Å². The zero-order valence-electron chi connectivity index (χ0n) is 20.5. The molecule has 14 nitrogen and oxygen atoms in total. The minimum absolute atomic E-state index is 0.0236. The third kappa shape index (κ3) is 5.12. The van der Waals surface area contributed by atoms with Crippen LogP contribution in [0.15, 0.2) is 46.1 Å². The molecule has 0 spiro atoms. The Morgan fingerprint density at radius 2 is 1.81 bits per heavy atom. The van der Waals surface area contributed by atoms with Crippen LogP contribution in [0.5, 0.6) is 23.0 Å². The lowest BCUT2D eigenvalue weighted by Crippen LogP contribution is -2.19. The fourth-order valence-corrected chi connectivity index (χ4v) is 3.45. The number of benzene rings is 2. The van der Waals surface area contributed by atoms with Crippen molar-refractivity contribution in [1.82, 2.24) is 30.7 Å². The summed E-state index contributed by atoms with van der Waals surface area (Å²) in [7, 11) is 4.51. The minimum Gasteiger partial charge on any atom is -0.494 e. The number of nitrogens with zero attached hydrogens (tertiary/aromatic N) is 6. The van der Waals surface area contributed by atoms with Gasteiger partial charge in [-0.3, -0.25) is 4.79 Å². The number of methoxy groups -OCH3 is 3. The van der Waals surface area contributed by atoms with Crippen LogP contribution in [0.3, 0.4) is 0 Å². The van der Waals surface area contributed by atoms with Gasteiger partial charge in [-0.2, -0.15) is 9.78 Å².